The third-order valence-corrected chi connectivity index (χ3v) is 6.78. The van der Waals surface area contributed by atoms with Crippen molar-refractivity contribution in [3.63, 3.8) is 0 Å². The van der Waals surface area contributed by atoms with E-state index in [1.54, 1.807) is 0 Å². The van der Waals surface area contributed by atoms with E-state index in [4.69, 9.17) is 14.6 Å². The van der Waals surface area contributed by atoms with Gasteiger partial charge in [0.25, 0.3) is 5.91 Å². The number of nitrogens with one attached hydrogen (secondary N) is 2. The summed E-state index contributed by atoms with van der Waals surface area (Å²) in [4.78, 5) is 36.0. The van der Waals surface area contributed by atoms with Crippen LogP contribution in [0, 0.1) is 11.8 Å². The Morgan fingerprint density at radius 1 is 1.03 bits per heavy atom. The minimum absolute atomic E-state index is 0.0391. The van der Waals surface area contributed by atoms with Crippen LogP contribution in [0.5, 0.6) is 0 Å². The first kappa shape index (κ1) is 21.5. The lowest BCUT2D eigenvalue weighted by atomic mass is 9.98. The number of carboxylic acid groups (broad SMARTS) is 1. The topological polar surface area (TPSA) is 114 Å². The smallest absolute Gasteiger partial charge is 0.407 e. The molecule has 0 bridgehead atoms. The van der Waals surface area contributed by atoms with Gasteiger partial charge in [-0.25, -0.2) is 4.79 Å². The van der Waals surface area contributed by atoms with Crippen LogP contribution in [0.2, 0.25) is 0 Å². The second-order valence-electron chi connectivity index (χ2n) is 8.84. The van der Waals surface area contributed by atoms with Gasteiger partial charge in [0.05, 0.1) is 12.0 Å². The van der Waals surface area contributed by atoms with Crippen molar-refractivity contribution in [1.82, 2.24) is 10.6 Å². The molecule has 1 saturated carbocycles. The molecule has 1 saturated heterocycles. The molecule has 2 aromatic rings. The summed E-state index contributed by atoms with van der Waals surface area (Å²) < 4.78 is 11.1. The molecular formula is C25H26N2O6. The van der Waals surface area contributed by atoms with Gasteiger partial charge in [0.1, 0.15) is 6.61 Å². The summed E-state index contributed by atoms with van der Waals surface area (Å²) >= 11 is 0. The molecule has 0 radical (unpaired) electrons. The second-order valence-corrected chi connectivity index (χ2v) is 8.84. The Morgan fingerprint density at radius 2 is 1.70 bits per heavy atom. The molecule has 5 rings (SSSR count). The molecule has 2 aliphatic carbocycles. The maximum atomic E-state index is 12.6. The number of hydrogen-bond acceptors (Lipinski definition) is 5. The Balaban J connectivity index is 1.15. The quantitative estimate of drug-likeness (QED) is 0.597. The van der Waals surface area contributed by atoms with Gasteiger partial charge in [-0.05, 0) is 41.0 Å². The largest absolute Gasteiger partial charge is 0.481 e. The number of hydrogen-bond donors (Lipinski definition) is 3. The molecule has 33 heavy (non-hydrogen) atoms. The van der Waals surface area contributed by atoms with Crippen LogP contribution in [0.4, 0.5) is 4.79 Å². The van der Waals surface area contributed by atoms with E-state index in [1.807, 2.05) is 24.3 Å². The summed E-state index contributed by atoms with van der Waals surface area (Å²) in [7, 11) is 0. The maximum absolute atomic E-state index is 12.6. The Kier molecular flexibility index (Phi) is 5.76. The van der Waals surface area contributed by atoms with Crippen molar-refractivity contribution in [3.8, 4) is 11.1 Å². The summed E-state index contributed by atoms with van der Waals surface area (Å²) in [6.45, 7) is 0.851. The van der Waals surface area contributed by atoms with Crippen LogP contribution < -0.4 is 10.6 Å². The molecule has 2 amide bonds. The van der Waals surface area contributed by atoms with Gasteiger partial charge >= 0.3 is 12.1 Å². The molecule has 1 aliphatic heterocycles. The van der Waals surface area contributed by atoms with E-state index in [2.05, 4.69) is 34.9 Å². The summed E-state index contributed by atoms with van der Waals surface area (Å²) in [5.74, 6) is -1.64. The van der Waals surface area contributed by atoms with Gasteiger partial charge < -0.3 is 25.2 Å². The molecule has 2 aromatic carbocycles. The number of carboxylic acids is 1. The molecule has 2 fully saturated rings. The first-order valence-corrected chi connectivity index (χ1v) is 11.3. The minimum atomic E-state index is -0.832. The maximum Gasteiger partial charge on any atom is 0.407 e. The fraction of sp³-hybridized carbons (Fsp3) is 0.400. The second kappa shape index (κ2) is 8.86. The fourth-order valence-corrected chi connectivity index (χ4v) is 4.90. The van der Waals surface area contributed by atoms with Gasteiger partial charge in [0.2, 0.25) is 0 Å². The van der Waals surface area contributed by atoms with Gasteiger partial charge in [0, 0.05) is 19.1 Å². The number of amides is 2. The molecular weight excluding hydrogens is 424 g/mol. The third-order valence-electron chi connectivity index (χ3n) is 6.78. The van der Waals surface area contributed by atoms with Crippen molar-refractivity contribution < 1.29 is 29.0 Å². The average molecular weight is 450 g/mol. The molecule has 8 heteroatoms. The van der Waals surface area contributed by atoms with Crippen molar-refractivity contribution >= 4 is 18.0 Å². The lowest BCUT2D eigenvalue weighted by Gasteiger charge is -2.20. The predicted molar refractivity (Wildman–Crippen MR) is 119 cm³/mol. The molecule has 4 atom stereocenters. The standard InChI is InChI=1S/C25H26N2O6/c28-23(26-12-14-11-19(14)24(29)30)22-21(9-10-32-22)27-25(31)33-13-20-17-7-3-1-5-15(17)16-6-2-4-8-18(16)20/h1-8,14,19-22H,9-13H2,(H,26,28)(H,27,31)(H,29,30)/t14-,19-,21+,22-/m0/s1. The first-order valence-electron chi connectivity index (χ1n) is 11.3. The van der Waals surface area contributed by atoms with Crippen molar-refractivity contribution in [2.24, 2.45) is 11.8 Å². The van der Waals surface area contributed by atoms with Gasteiger partial charge in [-0.15, -0.1) is 0 Å². The van der Waals surface area contributed by atoms with Gasteiger partial charge in [-0.2, -0.15) is 0 Å². The van der Waals surface area contributed by atoms with Crippen LogP contribution in [-0.2, 0) is 19.1 Å². The highest BCUT2D eigenvalue weighted by Crippen LogP contribution is 2.44. The van der Waals surface area contributed by atoms with E-state index < -0.39 is 24.2 Å². The Labute approximate surface area is 191 Å². The van der Waals surface area contributed by atoms with Crippen LogP contribution in [0.15, 0.2) is 48.5 Å². The first-order chi connectivity index (χ1) is 16.0. The monoisotopic (exact) mass is 450 g/mol. The predicted octanol–water partition coefficient (Wildman–Crippen LogP) is 2.52. The summed E-state index contributed by atoms with van der Waals surface area (Å²) in [6, 6.07) is 15.7. The van der Waals surface area contributed by atoms with Crippen LogP contribution >= 0.6 is 0 Å². The molecule has 0 aromatic heterocycles. The summed E-state index contributed by atoms with van der Waals surface area (Å²) in [5, 5.41) is 14.5. The fourth-order valence-electron chi connectivity index (χ4n) is 4.90. The molecule has 172 valence electrons. The normalized spacial score (nSPS) is 25.1. The zero-order valence-corrected chi connectivity index (χ0v) is 18.0. The van der Waals surface area contributed by atoms with Crippen LogP contribution in [-0.4, -0.2) is 55.0 Å². The minimum Gasteiger partial charge on any atom is -0.481 e. The van der Waals surface area contributed by atoms with Crippen LogP contribution in [0.1, 0.15) is 29.9 Å². The zero-order chi connectivity index (χ0) is 22.9. The molecule has 3 aliphatic rings. The number of ether oxygens (including phenoxy) is 2. The average Bonchev–Trinajstić information content (AvgIpc) is 3.35. The van der Waals surface area contributed by atoms with E-state index in [9.17, 15) is 14.4 Å². The Bertz CT molecular complexity index is 1040. The summed E-state index contributed by atoms with van der Waals surface area (Å²) in [5.41, 5.74) is 4.58. The van der Waals surface area contributed by atoms with Crippen molar-refractivity contribution in [2.45, 2.75) is 30.9 Å². The van der Waals surface area contributed by atoms with Crippen molar-refractivity contribution in [2.75, 3.05) is 19.8 Å². The molecule has 0 spiro atoms. The number of carbonyl (C=O) groups excluding carboxylic acids is 2. The van der Waals surface area contributed by atoms with Gasteiger partial charge in [-0.1, -0.05) is 48.5 Å². The highest BCUT2D eigenvalue weighted by molar-refractivity contribution is 5.83. The van der Waals surface area contributed by atoms with Crippen LogP contribution in [0.3, 0.4) is 0 Å². The van der Waals surface area contributed by atoms with E-state index in [-0.39, 0.29) is 30.3 Å². The third kappa shape index (κ3) is 4.30. The van der Waals surface area contributed by atoms with Gasteiger partial charge in [-0.3, -0.25) is 9.59 Å². The zero-order valence-electron chi connectivity index (χ0n) is 18.0. The molecule has 0 unspecified atom stereocenters. The summed E-state index contributed by atoms with van der Waals surface area (Å²) in [6.07, 6.45) is -0.322. The van der Waals surface area contributed by atoms with E-state index >= 15 is 0 Å². The lowest BCUT2D eigenvalue weighted by molar-refractivity contribution is -0.139. The lowest BCUT2D eigenvalue weighted by Crippen LogP contribution is -2.48. The van der Waals surface area contributed by atoms with E-state index in [0.29, 0.717) is 26.0 Å². The Hall–Kier alpha value is -3.39. The number of rotatable bonds is 7. The number of fused-ring (bicyclic) bond motifs is 3. The molecule has 3 N–H and O–H groups in total. The number of benzene rings is 2. The van der Waals surface area contributed by atoms with Crippen molar-refractivity contribution in [1.29, 1.82) is 0 Å². The van der Waals surface area contributed by atoms with Crippen molar-refractivity contribution in [3.05, 3.63) is 59.7 Å². The van der Waals surface area contributed by atoms with E-state index in [1.165, 1.54) is 0 Å². The SMILES string of the molecule is O=C(N[C@@H]1CCO[C@@H]1C(=O)NC[C@@H]1C[C@@H]1C(=O)O)OCC1c2ccccc2-c2ccccc21. The number of alkyl carbamates (subject to hydrolysis) is 1. The highest BCUT2D eigenvalue weighted by Gasteiger charge is 2.44. The van der Waals surface area contributed by atoms with E-state index in [0.717, 1.165) is 22.3 Å². The highest BCUT2D eigenvalue weighted by atomic mass is 16.6. The molecule has 1 heterocycles. The number of carbonyl (C=O) groups is 3. The van der Waals surface area contributed by atoms with Gasteiger partial charge in [0.15, 0.2) is 6.10 Å². The van der Waals surface area contributed by atoms with Crippen LogP contribution in [0.25, 0.3) is 11.1 Å². The Morgan fingerprint density at radius 3 is 2.33 bits per heavy atom. The molecule has 8 nitrogen and oxygen atoms in total. The number of aliphatic carboxylic acids is 1.